The van der Waals surface area contributed by atoms with Crippen LogP contribution < -0.4 is 5.73 Å². The number of nitrogens with zero attached hydrogens (tertiary/aromatic N) is 1. The Morgan fingerprint density at radius 2 is 1.67 bits per heavy atom. The number of benzene rings is 2. The molecular formula is C17H14Cl2N2. The van der Waals surface area contributed by atoms with E-state index in [1.54, 1.807) is 6.07 Å². The van der Waals surface area contributed by atoms with Crippen molar-refractivity contribution < 1.29 is 0 Å². The highest BCUT2D eigenvalue weighted by Gasteiger charge is 2.10. The van der Waals surface area contributed by atoms with Gasteiger partial charge in [0.05, 0.1) is 5.52 Å². The van der Waals surface area contributed by atoms with E-state index in [1.165, 1.54) is 0 Å². The van der Waals surface area contributed by atoms with E-state index >= 15 is 0 Å². The first-order valence-electron chi connectivity index (χ1n) is 6.68. The van der Waals surface area contributed by atoms with Crippen LogP contribution in [0.15, 0.2) is 54.6 Å². The molecule has 0 spiro atoms. The van der Waals surface area contributed by atoms with Gasteiger partial charge in [0.1, 0.15) is 0 Å². The Hall–Kier alpha value is -1.61. The Bertz CT molecular complexity index is 766. The predicted octanol–water partition coefficient (Wildman–Crippen LogP) is 4.78. The molecule has 1 unspecified atom stereocenters. The maximum Gasteiger partial charge on any atom is 0.0705 e. The van der Waals surface area contributed by atoms with Crippen molar-refractivity contribution in [1.82, 2.24) is 4.98 Å². The van der Waals surface area contributed by atoms with Gasteiger partial charge in [0.25, 0.3) is 0 Å². The molecule has 0 aliphatic heterocycles. The smallest absolute Gasteiger partial charge is 0.0705 e. The fraction of sp³-hybridized carbons (Fsp3) is 0.118. The molecule has 1 atom stereocenters. The molecule has 0 bridgehead atoms. The van der Waals surface area contributed by atoms with E-state index in [4.69, 9.17) is 28.9 Å². The lowest BCUT2D eigenvalue weighted by Crippen LogP contribution is -2.14. The Balaban J connectivity index is 1.86. The van der Waals surface area contributed by atoms with Crippen LogP contribution in [0.25, 0.3) is 10.9 Å². The Labute approximate surface area is 133 Å². The van der Waals surface area contributed by atoms with Crippen LogP contribution in [0.2, 0.25) is 10.0 Å². The highest BCUT2D eigenvalue weighted by atomic mass is 35.5. The molecule has 0 fully saturated rings. The van der Waals surface area contributed by atoms with Crippen molar-refractivity contribution in [1.29, 1.82) is 0 Å². The van der Waals surface area contributed by atoms with Gasteiger partial charge in [-0.3, -0.25) is 4.98 Å². The van der Waals surface area contributed by atoms with E-state index in [0.717, 1.165) is 22.2 Å². The zero-order valence-corrected chi connectivity index (χ0v) is 12.8. The first kappa shape index (κ1) is 14.3. The summed E-state index contributed by atoms with van der Waals surface area (Å²) in [6.45, 7) is 0. The van der Waals surface area contributed by atoms with E-state index < -0.39 is 0 Å². The number of nitrogens with two attached hydrogens (primary N) is 1. The fourth-order valence-corrected chi connectivity index (χ4v) is 2.90. The van der Waals surface area contributed by atoms with Crippen LogP contribution in [0, 0.1) is 0 Å². The first-order valence-corrected chi connectivity index (χ1v) is 7.44. The second-order valence-corrected chi connectivity index (χ2v) is 5.88. The molecule has 0 radical (unpaired) electrons. The summed E-state index contributed by atoms with van der Waals surface area (Å²) in [6, 6.07) is 17.3. The number of hydrogen-bond acceptors (Lipinski definition) is 2. The molecule has 0 aliphatic rings. The summed E-state index contributed by atoms with van der Waals surface area (Å²) in [5.74, 6) is 0. The third-order valence-electron chi connectivity index (χ3n) is 3.40. The Morgan fingerprint density at radius 1 is 0.952 bits per heavy atom. The highest BCUT2D eigenvalue weighted by Crippen LogP contribution is 2.24. The molecule has 3 rings (SSSR count). The summed E-state index contributed by atoms with van der Waals surface area (Å²) in [7, 11) is 0. The zero-order valence-electron chi connectivity index (χ0n) is 11.3. The summed E-state index contributed by atoms with van der Waals surface area (Å²) < 4.78 is 0. The minimum Gasteiger partial charge on any atom is -0.324 e. The minimum absolute atomic E-state index is 0.185. The van der Waals surface area contributed by atoms with E-state index in [0.29, 0.717) is 16.5 Å². The van der Waals surface area contributed by atoms with E-state index in [1.807, 2.05) is 42.5 Å². The van der Waals surface area contributed by atoms with Crippen molar-refractivity contribution in [2.24, 2.45) is 5.73 Å². The van der Waals surface area contributed by atoms with Gasteiger partial charge in [-0.05, 0) is 35.9 Å². The first-order chi connectivity index (χ1) is 10.1. The van der Waals surface area contributed by atoms with Gasteiger partial charge in [-0.2, -0.15) is 0 Å². The molecule has 0 aliphatic carbocycles. The quantitative estimate of drug-likeness (QED) is 0.755. The number of aromatic nitrogens is 1. The molecule has 2 aromatic carbocycles. The largest absolute Gasteiger partial charge is 0.324 e. The van der Waals surface area contributed by atoms with Crippen LogP contribution >= 0.6 is 23.2 Å². The molecule has 3 aromatic rings. The van der Waals surface area contributed by atoms with Gasteiger partial charge in [-0.25, -0.2) is 0 Å². The fourth-order valence-electron chi connectivity index (χ4n) is 2.35. The van der Waals surface area contributed by atoms with Gasteiger partial charge in [-0.15, -0.1) is 0 Å². The summed E-state index contributed by atoms with van der Waals surface area (Å²) in [4.78, 5) is 4.64. The average molecular weight is 317 g/mol. The lowest BCUT2D eigenvalue weighted by atomic mass is 10.0. The molecular weight excluding hydrogens is 303 g/mol. The third-order valence-corrected chi connectivity index (χ3v) is 3.83. The molecule has 106 valence electrons. The van der Waals surface area contributed by atoms with Crippen molar-refractivity contribution >= 4 is 34.1 Å². The second kappa shape index (κ2) is 6.02. The lowest BCUT2D eigenvalue weighted by Gasteiger charge is -2.13. The van der Waals surface area contributed by atoms with Crippen molar-refractivity contribution in [3.63, 3.8) is 0 Å². The third kappa shape index (κ3) is 3.35. The van der Waals surface area contributed by atoms with Crippen LogP contribution in [-0.2, 0) is 6.42 Å². The summed E-state index contributed by atoms with van der Waals surface area (Å²) >= 11 is 12.0. The Morgan fingerprint density at radius 3 is 2.43 bits per heavy atom. The van der Waals surface area contributed by atoms with Crippen LogP contribution in [0.3, 0.4) is 0 Å². The van der Waals surface area contributed by atoms with Crippen molar-refractivity contribution in [3.8, 4) is 0 Å². The van der Waals surface area contributed by atoms with Crippen molar-refractivity contribution in [2.75, 3.05) is 0 Å². The van der Waals surface area contributed by atoms with Crippen LogP contribution in [0.4, 0.5) is 0 Å². The highest BCUT2D eigenvalue weighted by molar-refractivity contribution is 6.34. The molecule has 2 nitrogen and oxygen atoms in total. The predicted molar refractivity (Wildman–Crippen MR) is 88.8 cm³/mol. The van der Waals surface area contributed by atoms with Gasteiger partial charge in [0.2, 0.25) is 0 Å². The van der Waals surface area contributed by atoms with Gasteiger partial charge >= 0.3 is 0 Å². The second-order valence-electron chi connectivity index (χ2n) is 5.01. The summed E-state index contributed by atoms with van der Waals surface area (Å²) in [5.41, 5.74) is 9.10. The molecule has 0 saturated heterocycles. The molecule has 1 heterocycles. The van der Waals surface area contributed by atoms with Crippen molar-refractivity contribution in [2.45, 2.75) is 12.5 Å². The van der Waals surface area contributed by atoms with E-state index in [9.17, 15) is 0 Å². The molecule has 4 heteroatoms. The number of halogens is 2. The zero-order chi connectivity index (χ0) is 14.8. The SMILES string of the molecule is NC(Cc1ccc2ccccc2n1)c1cc(Cl)cc(Cl)c1. The molecule has 0 amide bonds. The summed E-state index contributed by atoms with van der Waals surface area (Å²) in [5, 5.41) is 2.32. The van der Waals surface area contributed by atoms with Crippen LogP contribution in [-0.4, -0.2) is 4.98 Å². The number of pyridine rings is 1. The lowest BCUT2D eigenvalue weighted by molar-refractivity contribution is 0.709. The number of fused-ring (bicyclic) bond motifs is 1. The van der Waals surface area contributed by atoms with E-state index in [-0.39, 0.29) is 6.04 Å². The van der Waals surface area contributed by atoms with Gasteiger partial charge in [0, 0.05) is 33.6 Å². The molecule has 0 saturated carbocycles. The van der Waals surface area contributed by atoms with Crippen LogP contribution in [0.1, 0.15) is 17.3 Å². The standard InChI is InChI=1S/C17H14Cl2N2/c18-13-7-12(8-14(19)9-13)16(20)10-15-6-5-11-3-1-2-4-17(11)21-15/h1-9,16H,10,20H2. The van der Waals surface area contributed by atoms with Gasteiger partial charge in [0.15, 0.2) is 0 Å². The van der Waals surface area contributed by atoms with Gasteiger partial charge < -0.3 is 5.73 Å². The van der Waals surface area contributed by atoms with E-state index in [2.05, 4.69) is 11.1 Å². The maximum absolute atomic E-state index is 6.25. The van der Waals surface area contributed by atoms with Crippen molar-refractivity contribution in [3.05, 3.63) is 75.9 Å². The number of rotatable bonds is 3. The average Bonchev–Trinajstić information content (AvgIpc) is 2.46. The Kier molecular flexibility index (Phi) is 4.11. The monoisotopic (exact) mass is 316 g/mol. The van der Waals surface area contributed by atoms with Crippen LogP contribution in [0.5, 0.6) is 0 Å². The number of hydrogen-bond donors (Lipinski definition) is 1. The maximum atomic E-state index is 6.25. The van der Waals surface area contributed by atoms with Gasteiger partial charge in [-0.1, -0.05) is 47.5 Å². The summed E-state index contributed by atoms with van der Waals surface area (Å²) in [6.07, 6.45) is 0.640. The molecule has 1 aromatic heterocycles. The topological polar surface area (TPSA) is 38.9 Å². The minimum atomic E-state index is -0.185. The normalized spacial score (nSPS) is 12.5. The molecule has 2 N–H and O–H groups in total. The number of para-hydroxylation sites is 1. The molecule has 21 heavy (non-hydrogen) atoms.